The molecule has 0 atom stereocenters. The van der Waals surface area contributed by atoms with Crippen LogP contribution in [-0.4, -0.2) is 32.2 Å². The van der Waals surface area contributed by atoms with E-state index in [0.29, 0.717) is 0 Å². The molecule has 1 aromatic carbocycles. The van der Waals surface area contributed by atoms with Gasteiger partial charge in [-0.2, -0.15) is 0 Å². The minimum atomic E-state index is -0.853. The number of carbonyl (C=O) groups excluding carboxylic acids is 2. The average Bonchev–Trinajstić information content (AvgIpc) is 2.88. The first kappa shape index (κ1) is 12.3. The number of furan rings is 1. The van der Waals surface area contributed by atoms with E-state index in [2.05, 4.69) is 0 Å². The molecule has 1 aliphatic heterocycles. The van der Waals surface area contributed by atoms with E-state index in [1.54, 1.807) is 0 Å². The number of hydrogen-bond acceptors (Lipinski definition) is 8. The number of fused-ring (bicyclic) bond motifs is 4. The second-order valence-electron chi connectivity index (χ2n) is 4.77. The summed E-state index contributed by atoms with van der Waals surface area (Å²) in [4.78, 5) is 23.3. The van der Waals surface area contributed by atoms with E-state index in [1.165, 1.54) is 0 Å². The molecule has 0 spiro atoms. The van der Waals surface area contributed by atoms with E-state index in [0.717, 1.165) is 12.1 Å². The Morgan fingerprint density at radius 3 is 2.50 bits per heavy atom. The molecule has 22 heavy (non-hydrogen) atoms. The SMILES string of the molecule is O=C1C=C2C(=O)OC(=C1O)/C2=c1\c2cc(O)c(O)c1oc2O. The maximum atomic E-state index is 11.8. The van der Waals surface area contributed by atoms with Gasteiger partial charge in [0.1, 0.15) is 0 Å². The second kappa shape index (κ2) is 3.61. The molecule has 8 heteroatoms. The summed E-state index contributed by atoms with van der Waals surface area (Å²) in [5.74, 6) is -4.57. The van der Waals surface area contributed by atoms with Crippen molar-refractivity contribution in [2.45, 2.75) is 0 Å². The van der Waals surface area contributed by atoms with Crippen molar-refractivity contribution < 1.29 is 39.2 Å². The molecule has 0 radical (unpaired) electrons. The third-order valence-electron chi connectivity index (χ3n) is 3.55. The van der Waals surface area contributed by atoms with Crippen LogP contribution in [0.1, 0.15) is 0 Å². The smallest absolute Gasteiger partial charge is 0.344 e. The molecule has 1 aliphatic carbocycles. The Morgan fingerprint density at radius 1 is 1.05 bits per heavy atom. The summed E-state index contributed by atoms with van der Waals surface area (Å²) in [5, 5.41) is 38.9. The van der Waals surface area contributed by atoms with Crippen LogP contribution in [0.4, 0.5) is 0 Å². The fourth-order valence-corrected chi connectivity index (χ4v) is 2.58. The third-order valence-corrected chi connectivity index (χ3v) is 3.55. The number of benzene rings is 1. The monoisotopic (exact) mass is 302 g/mol. The van der Waals surface area contributed by atoms with E-state index in [4.69, 9.17) is 9.15 Å². The van der Waals surface area contributed by atoms with Crippen LogP contribution < -0.4 is 5.22 Å². The number of aliphatic hydroxyl groups is 1. The number of ether oxygens (including phenoxy) is 1. The summed E-state index contributed by atoms with van der Waals surface area (Å²) in [6, 6.07) is 1.03. The van der Waals surface area contributed by atoms with Gasteiger partial charge in [-0.1, -0.05) is 0 Å². The van der Waals surface area contributed by atoms with E-state index >= 15 is 0 Å². The van der Waals surface area contributed by atoms with Gasteiger partial charge in [0.15, 0.2) is 17.1 Å². The van der Waals surface area contributed by atoms with Crippen molar-refractivity contribution in [3.63, 3.8) is 0 Å². The Bertz CT molecular complexity index is 1020. The van der Waals surface area contributed by atoms with Crippen molar-refractivity contribution >= 4 is 28.3 Å². The number of rotatable bonds is 0. The lowest BCUT2D eigenvalue weighted by Crippen LogP contribution is -2.14. The Labute approximate surface area is 120 Å². The van der Waals surface area contributed by atoms with Gasteiger partial charge < -0.3 is 29.6 Å². The third kappa shape index (κ3) is 1.26. The standard InChI is InChI=1S/C14H6O8/c15-5-1-3-7(11(9(5)17)21-13(3)19)8-4-2-6(16)10(18)12(8)22-14(4)20/h1-2,15,17-19H/b8-7+. The summed E-state index contributed by atoms with van der Waals surface area (Å²) in [6.07, 6.45) is 0.892. The highest BCUT2D eigenvalue weighted by atomic mass is 16.6. The molecular weight excluding hydrogens is 296 g/mol. The number of allylic oxidation sites excluding steroid dienone is 2. The highest BCUT2D eigenvalue weighted by molar-refractivity contribution is 6.23. The summed E-state index contributed by atoms with van der Waals surface area (Å²) in [7, 11) is 0. The van der Waals surface area contributed by atoms with E-state index in [1.807, 2.05) is 0 Å². The van der Waals surface area contributed by atoms with Gasteiger partial charge >= 0.3 is 5.97 Å². The molecule has 4 N–H and O–H groups in total. The number of esters is 1. The predicted octanol–water partition coefficient (Wildman–Crippen LogP) is 0.255. The molecule has 8 nitrogen and oxygen atoms in total. The first-order valence-electron chi connectivity index (χ1n) is 6.02. The maximum absolute atomic E-state index is 11.8. The first-order valence-corrected chi connectivity index (χ1v) is 6.02. The number of phenolic OH excluding ortho intramolecular Hbond substituents is 2. The number of aromatic hydroxyl groups is 3. The fourth-order valence-electron chi connectivity index (χ4n) is 2.58. The summed E-state index contributed by atoms with van der Waals surface area (Å²) in [5.41, 5.74) is -0.429. The fraction of sp³-hybridized carbons (Fsp3) is 0. The largest absolute Gasteiger partial charge is 0.504 e. The normalized spacial score (nSPS) is 19.9. The van der Waals surface area contributed by atoms with Crippen molar-refractivity contribution in [1.29, 1.82) is 0 Å². The lowest BCUT2D eigenvalue weighted by Gasteiger charge is -2.06. The van der Waals surface area contributed by atoms with Gasteiger partial charge in [0.05, 0.1) is 11.0 Å². The van der Waals surface area contributed by atoms with Crippen LogP contribution in [-0.2, 0) is 14.3 Å². The molecule has 2 heterocycles. The van der Waals surface area contributed by atoms with Gasteiger partial charge in [-0.3, -0.25) is 4.79 Å². The Balaban J connectivity index is 2.27. The number of phenols is 2. The predicted molar refractivity (Wildman–Crippen MR) is 68.7 cm³/mol. The van der Waals surface area contributed by atoms with E-state index < -0.39 is 35.0 Å². The minimum Gasteiger partial charge on any atom is -0.504 e. The molecule has 1 fully saturated rings. The number of hydrogen-bond donors (Lipinski definition) is 4. The summed E-state index contributed by atoms with van der Waals surface area (Å²) < 4.78 is 9.82. The molecule has 0 saturated carbocycles. The summed E-state index contributed by atoms with van der Waals surface area (Å²) >= 11 is 0. The van der Waals surface area contributed by atoms with Crippen molar-refractivity contribution in [2.75, 3.05) is 0 Å². The Kier molecular flexibility index (Phi) is 2.02. The highest BCUT2D eigenvalue weighted by Crippen LogP contribution is 2.41. The molecule has 2 aromatic rings. The van der Waals surface area contributed by atoms with Crippen LogP contribution in [0.25, 0.3) is 16.5 Å². The molecular formula is C14H6O8. The Hall–Kier alpha value is -3.42. The maximum Gasteiger partial charge on any atom is 0.344 e. The molecule has 110 valence electrons. The van der Waals surface area contributed by atoms with Crippen molar-refractivity contribution in [3.05, 3.63) is 34.5 Å². The molecule has 1 saturated heterocycles. The Morgan fingerprint density at radius 2 is 1.77 bits per heavy atom. The zero-order valence-corrected chi connectivity index (χ0v) is 10.6. The topological polar surface area (TPSA) is 137 Å². The van der Waals surface area contributed by atoms with Crippen LogP contribution in [0, 0.1) is 0 Å². The van der Waals surface area contributed by atoms with Gasteiger partial charge in [-0.15, -0.1) is 0 Å². The number of ketones is 1. The van der Waals surface area contributed by atoms with Crippen LogP contribution in [0.3, 0.4) is 0 Å². The molecule has 0 amide bonds. The summed E-state index contributed by atoms with van der Waals surface area (Å²) in [6.45, 7) is 0. The van der Waals surface area contributed by atoms with Crippen LogP contribution in [0.2, 0.25) is 0 Å². The van der Waals surface area contributed by atoms with E-state index in [-0.39, 0.29) is 33.1 Å². The highest BCUT2D eigenvalue weighted by Gasteiger charge is 2.41. The molecule has 4 rings (SSSR count). The van der Waals surface area contributed by atoms with Crippen molar-refractivity contribution in [1.82, 2.24) is 0 Å². The molecule has 2 aliphatic rings. The second-order valence-corrected chi connectivity index (χ2v) is 4.77. The minimum absolute atomic E-state index is 0.00597. The number of aliphatic hydroxyl groups excluding tert-OH is 1. The van der Waals surface area contributed by atoms with Crippen molar-refractivity contribution in [3.8, 4) is 17.4 Å². The zero-order valence-electron chi connectivity index (χ0n) is 10.6. The van der Waals surface area contributed by atoms with Gasteiger partial charge in [0.2, 0.25) is 17.3 Å². The lowest BCUT2D eigenvalue weighted by atomic mass is 9.95. The van der Waals surface area contributed by atoms with Crippen LogP contribution in [0.15, 0.2) is 33.7 Å². The van der Waals surface area contributed by atoms with Gasteiger partial charge in [0, 0.05) is 16.9 Å². The van der Waals surface area contributed by atoms with Gasteiger partial charge in [-0.05, 0) is 6.07 Å². The zero-order chi connectivity index (χ0) is 15.8. The first-order chi connectivity index (χ1) is 10.4. The van der Waals surface area contributed by atoms with Crippen LogP contribution >= 0.6 is 0 Å². The van der Waals surface area contributed by atoms with Gasteiger partial charge in [0.25, 0.3) is 5.95 Å². The van der Waals surface area contributed by atoms with Gasteiger partial charge in [-0.25, -0.2) is 4.79 Å². The molecule has 1 aromatic heterocycles. The van der Waals surface area contributed by atoms with Crippen molar-refractivity contribution in [2.24, 2.45) is 0 Å². The molecule has 4 bridgehead atoms. The lowest BCUT2D eigenvalue weighted by molar-refractivity contribution is -0.132. The van der Waals surface area contributed by atoms with E-state index in [9.17, 15) is 30.0 Å². The quantitative estimate of drug-likeness (QED) is 0.401. The van der Waals surface area contributed by atoms with Crippen LogP contribution in [0.5, 0.6) is 17.4 Å². The average molecular weight is 302 g/mol. The number of carbonyl (C=O) groups is 2. The molecule has 0 unspecified atom stereocenters.